The minimum Gasteiger partial charge on any atom is -0.388 e. The molecule has 0 aromatic rings. The predicted molar refractivity (Wildman–Crippen MR) is 113 cm³/mol. The van der Waals surface area contributed by atoms with Gasteiger partial charge in [-0.1, -0.05) is 29.7 Å². The van der Waals surface area contributed by atoms with E-state index in [0.717, 1.165) is 17.4 Å². The molecule has 11 heteroatoms. The number of aliphatic hydroxyl groups excluding tert-OH is 3. The standard InChI is InChI=1S/C18H29BClN3O5S/c1-9(13-17-10(7-23(13)19)4-2-3-5-27-17)22-11(8-29-20)18-16(26)15(25)14(24)12(6-21)28-18/h2-3,10-18,22,24-26H,1,4-8,21H2/t10?,11?,12?,13?,14?,15?,16?,17-,18?/m1/s1. The van der Waals surface area contributed by atoms with E-state index >= 15 is 0 Å². The molecule has 0 amide bonds. The monoisotopic (exact) mass is 445 g/mol. The van der Waals surface area contributed by atoms with Crippen LogP contribution in [0.5, 0.6) is 0 Å². The van der Waals surface area contributed by atoms with Crippen LogP contribution in [0.2, 0.25) is 0 Å². The van der Waals surface area contributed by atoms with Gasteiger partial charge >= 0.3 is 0 Å². The normalized spacial score (nSPS) is 41.6. The molecule has 0 aromatic heterocycles. The van der Waals surface area contributed by atoms with Gasteiger partial charge in [-0.15, -0.1) is 0 Å². The molecule has 9 atom stereocenters. The molecule has 3 heterocycles. The number of nitrogens with two attached hydrogens (primary N) is 1. The number of nitrogens with zero attached hydrogens (tertiary/aromatic N) is 1. The smallest absolute Gasteiger partial charge is 0.183 e. The first-order chi connectivity index (χ1) is 13.9. The molecule has 2 saturated heterocycles. The summed E-state index contributed by atoms with van der Waals surface area (Å²) in [6.07, 6.45) is -0.707. The van der Waals surface area contributed by atoms with E-state index in [1.165, 1.54) is 0 Å². The zero-order valence-electron chi connectivity index (χ0n) is 16.1. The highest BCUT2D eigenvalue weighted by Crippen LogP contribution is 2.33. The molecule has 3 rings (SSSR count). The Labute approximate surface area is 181 Å². The molecule has 162 valence electrons. The summed E-state index contributed by atoms with van der Waals surface area (Å²) in [6, 6.07) is -0.753. The molecule has 2 fully saturated rings. The van der Waals surface area contributed by atoms with E-state index in [0.29, 0.717) is 24.6 Å². The Morgan fingerprint density at radius 2 is 2.10 bits per heavy atom. The molecule has 0 spiro atoms. The fraction of sp³-hybridized carbons (Fsp3) is 0.778. The highest BCUT2D eigenvalue weighted by molar-refractivity contribution is 8.21. The SMILES string of the molecule is [B]N1CC2CC=CCO[C@H]2C1C(=C)NC(CSCl)C1OC(CN)C(O)C(O)C1O. The number of aliphatic hydroxyl groups is 3. The van der Waals surface area contributed by atoms with Crippen LogP contribution in [0.1, 0.15) is 6.42 Å². The van der Waals surface area contributed by atoms with E-state index in [1.54, 1.807) is 4.81 Å². The van der Waals surface area contributed by atoms with E-state index in [9.17, 15) is 15.3 Å². The summed E-state index contributed by atoms with van der Waals surface area (Å²) in [5.74, 6) is 0.620. The van der Waals surface area contributed by atoms with Gasteiger partial charge in [-0.25, -0.2) is 0 Å². The Hall–Kier alpha value is -0.295. The van der Waals surface area contributed by atoms with Crippen LogP contribution in [-0.2, 0) is 9.47 Å². The quantitative estimate of drug-likeness (QED) is 0.245. The highest BCUT2D eigenvalue weighted by Gasteiger charge is 2.47. The van der Waals surface area contributed by atoms with Crippen LogP contribution < -0.4 is 11.1 Å². The van der Waals surface area contributed by atoms with Crippen molar-refractivity contribution in [3.63, 3.8) is 0 Å². The van der Waals surface area contributed by atoms with Crippen LogP contribution in [-0.4, -0.2) is 102 Å². The van der Waals surface area contributed by atoms with Crippen molar-refractivity contribution in [2.45, 2.75) is 55.1 Å². The number of hydrogen-bond acceptors (Lipinski definition) is 9. The predicted octanol–water partition coefficient (Wildman–Crippen LogP) is -1.12. The Kier molecular flexibility index (Phi) is 8.34. The number of halogens is 1. The lowest BCUT2D eigenvalue weighted by atomic mass is 9.91. The Balaban J connectivity index is 1.73. The highest BCUT2D eigenvalue weighted by atomic mass is 35.7. The van der Waals surface area contributed by atoms with E-state index in [2.05, 4.69) is 18.0 Å². The molecule has 29 heavy (non-hydrogen) atoms. The first-order valence-electron chi connectivity index (χ1n) is 9.75. The van der Waals surface area contributed by atoms with Crippen LogP contribution >= 0.6 is 21.7 Å². The molecule has 8 nitrogen and oxygen atoms in total. The maximum Gasteiger partial charge on any atom is 0.183 e. The number of rotatable bonds is 7. The average Bonchev–Trinajstić information content (AvgIpc) is 2.85. The lowest BCUT2D eigenvalue weighted by molar-refractivity contribution is -0.223. The number of fused-ring (bicyclic) bond motifs is 1. The topological polar surface area (TPSA) is 120 Å². The molecule has 8 unspecified atom stereocenters. The molecule has 2 radical (unpaired) electrons. The second-order valence-electron chi connectivity index (χ2n) is 7.81. The first kappa shape index (κ1) is 23.4. The largest absolute Gasteiger partial charge is 0.388 e. The summed E-state index contributed by atoms with van der Waals surface area (Å²) in [5, 5.41) is 34.1. The average molecular weight is 446 g/mol. The summed E-state index contributed by atoms with van der Waals surface area (Å²) >= 11 is 0. The van der Waals surface area contributed by atoms with Crippen LogP contribution in [0.15, 0.2) is 24.4 Å². The first-order valence-corrected chi connectivity index (χ1v) is 11.6. The minimum absolute atomic E-state index is 0.00687. The van der Waals surface area contributed by atoms with E-state index in [1.807, 2.05) is 6.08 Å². The summed E-state index contributed by atoms with van der Waals surface area (Å²) in [5.41, 5.74) is 6.28. The third-order valence-corrected chi connectivity index (χ3v) is 6.78. The lowest BCUT2D eigenvalue weighted by Gasteiger charge is -2.44. The molecular formula is C18H29BClN3O5S. The van der Waals surface area contributed by atoms with Crippen molar-refractivity contribution in [1.29, 1.82) is 0 Å². The van der Waals surface area contributed by atoms with Crippen molar-refractivity contribution in [2.75, 3.05) is 25.4 Å². The van der Waals surface area contributed by atoms with Crippen molar-refractivity contribution in [3.05, 3.63) is 24.4 Å². The zero-order chi connectivity index (χ0) is 21.1. The van der Waals surface area contributed by atoms with Crippen molar-refractivity contribution < 1.29 is 24.8 Å². The van der Waals surface area contributed by atoms with Crippen molar-refractivity contribution in [2.24, 2.45) is 11.7 Å². The van der Waals surface area contributed by atoms with Gasteiger partial charge in [-0.05, 0) is 23.6 Å². The molecule has 0 aliphatic carbocycles. The van der Waals surface area contributed by atoms with E-state index < -0.39 is 36.6 Å². The van der Waals surface area contributed by atoms with Gasteiger partial charge in [0.2, 0.25) is 0 Å². The van der Waals surface area contributed by atoms with Gasteiger partial charge < -0.3 is 40.7 Å². The molecule has 0 bridgehead atoms. The second kappa shape index (κ2) is 10.3. The van der Waals surface area contributed by atoms with Crippen LogP contribution in [0.3, 0.4) is 0 Å². The fourth-order valence-corrected chi connectivity index (χ4v) is 5.21. The number of nitrogens with one attached hydrogen (secondary N) is 1. The van der Waals surface area contributed by atoms with E-state index in [4.69, 9.17) is 33.9 Å². The van der Waals surface area contributed by atoms with Gasteiger partial charge in [0, 0.05) is 23.9 Å². The second-order valence-corrected chi connectivity index (χ2v) is 9.01. The summed E-state index contributed by atoms with van der Waals surface area (Å²) in [6.45, 7) is 5.37. The Bertz CT molecular complexity index is 604. The Morgan fingerprint density at radius 1 is 1.34 bits per heavy atom. The minimum atomic E-state index is -1.38. The molecular weight excluding hydrogens is 417 g/mol. The third-order valence-electron chi connectivity index (χ3n) is 5.92. The van der Waals surface area contributed by atoms with Crippen molar-refractivity contribution in [1.82, 2.24) is 10.1 Å². The van der Waals surface area contributed by atoms with Gasteiger partial charge in [0.25, 0.3) is 0 Å². The van der Waals surface area contributed by atoms with Gasteiger partial charge in [0.05, 0.1) is 30.9 Å². The maximum atomic E-state index is 10.5. The summed E-state index contributed by atoms with van der Waals surface area (Å²) < 4.78 is 11.8. The van der Waals surface area contributed by atoms with Crippen molar-refractivity contribution in [3.8, 4) is 0 Å². The van der Waals surface area contributed by atoms with E-state index in [-0.39, 0.29) is 24.6 Å². The summed E-state index contributed by atoms with van der Waals surface area (Å²) in [7, 11) is 13.2. The maximum absolute atomic E-state index is 10.5. The molecule has 3 aliphatic rings. The lowest BCUT2D eigenvalue weighted by Crippen LogP contribution is -2.64. The molecule has 0 saturated carbocycles. The molecule has 0 aromatic carbocycles. The van der Waals surface area contributed by atoms with Gasteiger partial charge in [-0.3, -0.25) is 0 Å². The fourth-order valence-electron chi connectivity index (χ4n) is 4.39. The molecule has 3 aliphatic heterocycles. The third kappa shape index (κ3) is 4.97. The van der Waals surface area contributed by atoms with Crippen LogP contribution in [0, 0.1) is 5.92 Å². The van der Waals surface area contributed by atoms with Crippen LogP contribution in [0.4, 0.5) is 0 Å². The van der Waals surface area contributed by atoms with Gasteiger partial charge in [0.15, 0.2) is 7.98 Å². The Morgan fingerprint density at radius 3 is 2.79 bits per heavy atom. The summed E-state index contributed by atoms with van der Waals surface area (Å²) in [4.78, 5) is 1.72. The molecule has 6 N–H and O–H groups in total. The number of ether oxygens (including phenoxy) is 2. The van der Waals surface area contributed by atoms with Gasteiger partial charge in [-0.2, -0.15) is 0 Å². The number of hydrogen-bond donors (Lipinski definition) is 5. The zero-order valence-corrected chi connectivity index (χ0v) is 17.7. The van der Waals surface area contributed by atoms with Gasteiger partial charge in [0.1, 0.15) is 24.4 Å². The van der Waals surface area contributed by atoms with Crippen molar-refractivity contribution >= 4 is 29.6 Å². The number of allylic oxidation sites excluding steroid dienone is 1. The van der Waals surface area contributed by atoms with Crippen LogP contribution in [0.25, 0.3) is 0 Å².